The zero-order chi connectivity index (χ0) is 9.97. The molecule has 1 aliphatic heterocycles. The largest absolute Gasteiger partial charge is 0.384 e. The van der Waals surface area contributed by atoms with Gasteiger partial charge in [-0.05, 0) is 31.6 Å². The third kappa shape index (κ3) is 2.27. The lowest BCUT2D eigenvalue weighted by molar-refractivity contribution is 0.118. The Morgan fingerprint density at radius 2 is 1.93 bits per heavy atom. The summed E-state index contributed by atoms with van der Waals surface area (Å²) in [7, 11) is 1.78. The van der Waals surface area contributed by atoms with Gasteiger partial charge in [-0.15, -0.1) is 0 Å². The van der Waals surface area contributed by atoms with Crippen LogP contribution in [0.3, 0.4) is 0 Å². The van der Waals surface area contributed by atoms with Crippen LogP contribution in [0.25, 0.3) is 0 Å². The number of amidine groups is 1. The van der Waals surface area contributed by atoms with Crippen molar-refractivity contribution in [1.82, 2.24) is 4.90 Å². The molecular weight excluding hydrogens is 176 g/mol. The molecule has 14 heavy (non-hydrogen) atoms. The second-order valence-electron chi connectivity index (χ2n) is 4.55. The maximum Gasteiger partial charge on any atom is 0.0989 e. The topological polar surface area (TPSA) is 36.3 Å². The SMILES string of the molecule is COCC1CCN(C(=N)C2CC2)CC1. The molecule has 1 N–H and O–H groups in total. The fraction of sp³-hybridized carbons (Fsp3) is 0.909. The van der Waals surface area contributed by atoms with Gasteiger partial charge in [0.15, 0.2) is 0 Å². The quantitative estimate of drug-likeness (QED) is 0.551. The predicted octanol–water partition coefficient (Wildman–Crippen LogP) is 1.73. The minimum atomic E-state index is 0.606. The summed E-state index contributed by atoms with van der Waals surface area (Å²) in [5.74, 6) is 2.23. The molecule has 2 aliphatic rings. The van der Waals surface area contributed by atoms with E-state index < -0.39 is 0 Å². The highest BCUT2D eigenvalue weighted by atomic mass is 16.5. The van der Waals surface area contributed by atoms with E-state index in [1.54, 1.807) is 7.11 Å². The Labute approximate surface area is 85.9 Å². The molecular formula is C11H20N2O. The second kappa shape index (κ2) is 4.30. The van der Waals surface area contributed by atoms with Crippen LogP contribution in [0.4, 0.5) is 0 Å². The van der Waals surface area contributed by atoms with Crippen LogP contribution in [0.5, 0.6) is 0 Å². The Morgan fingerprint density at radius 3 is 2.43 bits per heavy atom. The molecule has 0 atom stereocenters. The molecule has 0 spiro atoms. The molecule has 0 amide bonds. The molecule has 1 saturated heterocycles. The van der Waals surface area contributed by atoms with E-state index in [4.69, 9.17) is 10.1 Å². The van der Waals surface area contributed by atoms with Crippen molar-refractivity contribution in [3.8, 4) is 0 Å². The van der Waals surface area contributed by atoms with Gasteiger partial charge in [-0.3, -0.25) is 5.41 Å². The zero-order valence-corrected chi connectivity index (χ0v) is 8.96. The van der Waals surface area contributed by atoms with E-state index in [2.05, 4.69) is 4.90 Å². The van der Waals surface area contributed by atoms with E-state index in [1.165, 1.54) is 25.7 Å². The highest BCUT2D eigenvalue weighted by Crippen LogP contribution is 2.32. The maximum atomic E-state index is 7.96. The molecule has 0 aromatic heterocycles. The summed E-state index contributed by atoms with van der Waals surface area (Å²) >= 11 is 0. The summed E-state index contributed by atoms with van der Waals surface area (Å²) in [5, 5.41) is 7.96. The van der Waals surface area contributed by atoms with E-state index in [0.717, 1.165) is 31.4 Å². The third-order valence-corrected chi connectivity index (χ3v) is 3.32. The van der Waals surface area contributed by atoms with Gasteiger partial charge in [0, 0.05) is 32.7 Å². The molecule has 3 nitrogen and oxygen atoms in total. The van der Waals surface area contributed by atoms with Crippen molar-refractivity contribution >= 4 is 5.84 Å². The fourth-order valence-electron chi connectivity index (χ4n) is 2.19. The van der Waals surface area contributed by atoms with E-state index in [1.807, 2.05) is 0 Å². The number of hydrogen-bond donors (Lipinski definition) is 1. The predicted molar refractivity (Wildman–Crippen MR) is 56.6 cm³/mol. The smallest absolute Gasteiger partial charge is 0.0989 e. The first kappa shape index (κ1) is 9.97. The van der Waals surface area contributed by atoms with E-state index >= 15 is 0 Å². The first-order chi connectivity index (χ1) is 6.81. The van der Waals surface area contributed by atoms with Gasteiger partial charge in [0.05, 0.1) is 5.84 Å². The number of nitrogens with zero attached hydrogens (tertiary/aromatic N) is 1. The highest BCUT2D eigenvalue weighted by Gasteiger charge is 2.31. The molecule has 0 radical (unpaired) electrons. The monoisotopic (exact) mass is 196 g/mol. The van der Waals surface area contributed by atoms with Crippen LogP contribution in [0.15, 0.2) is 0 Å². The molecule has 1 heterocycles. The molecule has 0 unspecified atom stereocenters. The summed E-state index contributed by atoms with van der Waals surface area (Å²) in [6.45, 7) is 3.04. The Kier molecular flexibility index (Phi) is 3.06. The summed E-state index contributed by atoms with van der Waals surface area (Å²) < 4.78 is 5.16. The van der Waals surface area contributed by atoms with Crippen LogP contribution in [0, 0.1) is 17.2 Å². The summed E-state index contributed by atoms with van der Waals surface area (Å²) in [6.07, 6.45) is 4.89. The Bertz CT molecular complexity index is 205. The van der Waals surface area contributed by atoms with Crippen molar-refractivity contribution in [2.75, 3.05) is 26.8 Å². The Hall–Kier alpha value is -0.570. The molecule has 2 fully saturated rings. The number of methoxy groups -OCH3 is 1. The van der Waals surface area contributed by atoms with Crippen molar-refractivity contribution in [3.63, 3.8) is 0 Å². The van der Waals surface area contributed by atoms with Gasteiger partial charge in [-0.2, -0.15) is 0 Å². The van der Waals surface area contributed by atoms with Crippen LogP contribution in [-0.2, 0) is 4.74 Å². The molecule has 2 rings (SSSR count). The van der Waals surface area contributed by atoms with E-state index in [0.29, 0.717) is 5.92 Å². The van der Waals surface area contributed by atoms with Gasteiger partial charge < -0.3 is 9.64 Å². The zero-order valence-electron chi connectivity index (χ0n) is 8.96. The highest BCUT2D eigenvalue weighted by molar-refractivity contribution is 5.83. The number of ether oxygens (including phenoxy) is 1. The van der Waals surface area contributed by atoms with E-state index in [9.17, 15) is 0 Å². The first-order valence-electron chi connectivity index (χ1n) is 5.63. The molecule has 0 aromatic rings. The Balaban J connectivity index is 1.74. The van der Waals surface area contributed by atoms with Gasteiger partial charge in [-0.25, -0.2) is 0 Å². The molecule has 1 saturated carbocycles. The van der Waals surface area contributed by atoms with Gasteiger partial charge in [0.2, 0.25) is 0 Å². The number of piperidine rings is 1. The second-order valence-corrected chi connectivity index (χ2v) is 4.55. The third-order valence-electron chi connectivity index (χ3n) is 3.32. The normalized spacial score (nSPS) is 23.9. The number of hydrogen-bond acceptors (Lipinski definition) is 2. The van der Waals surface area contributed by atoms with Gasteiger partial charge in [0.25, 0.3) is 0 Å². The number of nitrogens with one attached hydrogen (secondary N) is 1. The summed E-state index contributed by atoms with van der Waals surface area (Å²) in [6, 6.07) is 0. The lowest BCUT2D eigenvalue weighted by Crippen LogP contribution is -2.39. The minimum Gasteiger partial charge on any atom is -0.384 e. The average Bonchev–Trinajstić information content (AvgIpc) is 3.02. The molecule has 1 aliphatic carbocycles. The van der Waals surface area contributed by atoms with Crippen molar-refractivity contribution in [1.29, 1.82) is 5.41 Å². The molecule has 80 valence electrons. The number of likely N-dealkylation sites (tertiary alicyclic amines) is 1. The number of rotatable bonds is 3. The standard InChI is InChI=1S/C11H20N2O/c1-14-8-9-4-6-13(7-5-9)11(12)10-2-3-10/h9-10,12H,2-8H2,1H3. The van der Waals surface area contributed by atoms with Gasteiger partial charge >= 0.3 is 0 Å². The van der Waals surface area contributed by atoms with E-state index in [-0.39, 0.29) is 0 Å². The lowest BCUT2D eigenvalue weighted by Gasteiger charge is -2.33. The van der Waals surface area contributed by atoms with Crippen molar-refractivity contribution in [2.24, 2.45) is 11.8 Å². The van der Waals surface area contributed by atoms with Crippen LogP contribution in [0.1, 0.15) is 25.7 Å². The Morgan fingerprint density at radius 1 is 1.29 bits per heavy atom. The minimum absolute atomic E-state index is 0.606. The first-order valence-corrected chi connectivity index (χ1v) is 5.63. The molecule has 0 bridgehead atoms. The lowest BCUT2D eigenvalue weighted by atomic mass is 9.97. The van der Waals surface area contributed by atoms with Crippen molar-refractivity contribution in [3.05, 3.63) is 0 Å². The molecule has 0 aromatic carbocycles. The van der Waals surface area contributed by atoms with Crippen LogP contribution in [0.2, 0.25) is 0 Å². The van der Waals surface area contributed by atoms with Crippen LogP contribution >= 0.6 is 0 Å². The van der Waals surface area contributed by atoms with Gasteiger partial charge in [-0.1, -0.05) is 0 Å². The molecule has 3 heteroatoms. The fourth-order valence-corrected chi connectivity index (χ4v) is 2.19. The van der Waals surface area contributed by atoms with Crippen molar-refractivity contribution in [2.45, 2.75) is 25.7 Å². The summed E-state index contributed by atoms with van der Waals surface area (Å²) in [4.78, 5) is 2.27. The summed E-state index contributed by atoms with van der Waals surface area (Å²) in [5.41, 5.74) is 0. The average molecular weight is 196 g/mol. The van der Waals surface area contributed by atoms with Crippen LogP contribution in [-0.4, -0.2) is 37.5 Å². The van der Waals surface area contributed by atoms with Gasteiger partial charge in [0.1, 0.15) is 0 Å². The van der Waals surface area contributed by atoms with Crippen molar-refractivity contribution < 1.29 is 4.74 Å². The maximum absolute atomic E-state index is 7.96. The van der Waals surface area contributed by atoms with Crippen LogP contribution < -0.4 is 0 Å².